The summed E-state index contributed by atoms with van der Waals surface area (Å²) >= 11 is 0. The number of rotatable bonds is 5. The fourth-order valence-electron chi connectivity index (χ4n) is 2.31. The minimum Gasteiger partial charge on any atom is -0.335 e. The second kappa shape index (κ2) is 7.69. The molecule has 1 amide bonds. The molecule has 27 heavy (non-hydrogen) atoms. The van der Waals surface area contributed by atoms with Gasteiger partial charge < -0.3 is 10.6 Å². The molecule has 0 aliphatic carbocycles. The smallest absolute Gasteiger partial charge is 0.274 e. The van der Waals surface area contributed by atoms with Crippen LogP contribution in [0.15, 0.2) is 54.9 Å². The second-order valence-corrected chi connectivity index (χ2v) is 5.60. The van der Waals surface area contributed by atoms with E-state index in [2.05, 4.69) is 20.6 Å². The van der Waals surface area contributed by atoms with E-state index in [1.165, 1.54) is 25.1 Å². The number of Topliss-reactive ketones (excluding diaryl/α,β-unsaturated/α-hetero) is 1. The van der Waals surface area contributed by atoms with Gasteiger partial charge in [-0.1, -0.05) is 18.2 Å². The maximum absolute atomic E-state index is 13.7. The highest BCUT2D eigenvalue weighted by Crippen LogP contribution is 2.22. The van der Waals surface area contributed by atoms with Crippen LogP contribution < -0.4 is 10.6 Å². The quantitative estimate of drug-likeness (QED) is 0.666. The first-order valence-corrected chi connectivity index (χ1v) is 7.89. The summed E-state index contributed by atoms with van der Waals surface area (Å²) in [6.45, 7) is 1.42. The third-order valence-electron chi connectivity index (χ3n) is 3.64. The number of anilines is 3. The van der Waals surface area contributed by atoms with Crippen LogP contribution in [0.4, 0.5) is 26.0 Å². The van der Waals surface area contributed by atoms with Gasteiger partial charge in [0.25, 0.3) is 5.91 Å². The molecule has 3 aromatic rings. The lowest BCUT2D eigenvalue weighted by Crippen LogP contribution is -2.14. The first kappa shape index (κ1) is 18.1. The van der Waals surface area contributed by atoms with E-state index in [4.69, 9.17) is 0 Å². The highest BCUT2D eigenvalue weighted by atomic mass is 19.1. The number of hydrogen-bond donors (Lipinski definition) is 2. The maximum atomic E-state index is 13.7. The summed E-state index contributed by atoms with van der Waals surface area (Å²) in [6, 6.07) is 11.1. The lowest BCUT2D eigenvalue weighted by Gasteiger charge is -2.09. The van der Waals surface area contributed by atoms with Gasteiger partial charge in [0, 0.05) is 17.3 Å². The Kier molecular flexibility index (Phi) is 5.16. The first-order valence-electron chi connectivity index (χ1n) is 7.89. The highest BCUT2D eigenvalue weighted by molar-refractivity contribution is 6.04. The summed E-state index contributed by atoms with van der Waals surface area (Å²) in [5.41, 5.74) is 0.475. The molecule has 0 aliphatic heterocycles. The SMILES string of the molecule is CC(=O)c1cccc(NC(=O)c2cc(Nc3c(F)cccc3F)ncn2)c1. The third kappa shape index (κ3) is 4.30. The fraction of sp³-hybridized carbons (Fsp3) is 0.0526. The molecule has 0 aliphatic rings. The number of benzene rings is 2. The lowest BCUT2D eigenvalue weighted by atomic mass is 10.1. The molecule has 0 fully saturated rings. The molecule has 1 aromatic heterocycles. The van der Waals surface area contributed by atoms with Gasteiger partial charge in [-0.05, 0) is 31.2 Å². The second-order valence-electron chi connectivity index (χ2n) is 5.60. The number of para-hydroxylation sites is 1. The van der Waals surface area contributed by atoms with Gasteiger partial charge in [-0.2, -0.15) is 0 Å². The Balaban J connectivity index is 1.80. The van der Waals surface area contributed by atoms with Crippen molar-refractivity contribution in [3.05, 3.63) is 77.8 Å². The van der Waals surface area contributed by atoms with E-state index in [0.29, 0.717) is 11.3 Å². The number of hydrogen-bond acceptors (Lipinski definition) is 5. The van der Waals surface area contributed by atoms with Crippen LogP contribution in [0.3, 0.4) is 0 Å². The van der Waals surface area contributed by atoms with E-state index in [9.17, 15) is 18.4 Å². The Bertz CT molecular complexity index is 1000. The Hall–Kier alpha value is -3.68. The molecule has 2 N–H and O–H groups in total. The van der Waals surface area contributed by atoms with Crippen molar-refractivity contribution in [1.82, 2.24) is 9.97 Å². The molecule has 8 heteroatoms. The average Bonchev–Trinajstić information content (AvgIpc) is 2.65. The Morgan fingerprint density at radius 2 is 1.67 bits per heavy atom. The van der Waals surface area contributed by atoms with E-state index in [1.54, 1.807) is 18.2 Å². The average molecular weight is 368 g/mol. The summed E-state index contributed by atoms with van der Waals surface area (Å²) in [6.07, 6.45) is 1.10. The number of carbonyl (C=O) groups excluding carboxylic acids is 2. The minimum atomic E-state index is -0.791. The van der Waals surface area contributed by atoms with Crippen molar-refractivity contribution < 1.29 is 18.4 Å². The van der Waals surface area contributed by atoms with Crippen LogP contribution in [0.1, 0.15) is 27.8 Å². The molecule has 0 bridgehead atoms. The first-order chi connectivity index (χ1) is 12.9. The number of nitrogens with zero attached hydrogens (tertiary/aromatic N) is 2. The van der Waals surface area contributed by atoms with Gasteiger partial charge in [0.15, 0.2) is 5.78 Å². The van der Waals surface area contributed by atoms with Gasteiger partial charge >= 0.3 is 0 Å². The maximum Gasteiger partial charge on any atom is 0.274 e. The van der Waals surface area contributed by atoms with Crippen molar-refractivity contribution >= 4 is 28.9 Å². The Labute approximate surface area is 153 Å². The van der Waals surface area contributed by atoms with Crippen LogP contribution in [0.25, 0.3) is 0 Å². The predicted molar refractivity (Wildman–Crippen MR) is 96.1 cm³/mol. The van der Waals surface area contributed by atoms with Gasteiger partial charge in [-0.25, -0.2) is 18.7 Å². The van der Waals surface area contributed by atoms with Crippen molar-refractivity contribution in [1.29, 1.82) is 0 Å². The molecule has 0 atom stereocenters. The normalized spacial score (nSPS) is 10.3. The van der Waals surface area contributed by atoms with Crippen molar-refractivity contribution in [2.75, 3.05) is 10.6 Å². The van der Waals surface area contributed by atoms with Crippen LogP contribution in [0, 0.1) is 11.6 Å². The monoisotopic (exact) mass is 368 g/mol. The van der Waals surface area contributed by atoms with E-state index >= 15 is 0 Å². The lowest BCUT2D eigenvalue weighted by molar-refractivity contribution is 0.100. The van der Waals surface area contributed by atoms with E-state index in [1.807, 2.05) is 0 Å². The summed E-state index contributed by atoms with van der Waals surface area (Å²) in [7, 11) is 0. The van der Waals surface area contributed by atoms with E-state index in [-0.39, 0.29) is 23.0 Å². The van der Waals surface area contributed by atoms with Gasteiger partial charge in [0.05, 0.1) is 0 Å². The Morgan fingerprint density at radius 3 is 2.37 bits per heavy atom. The van der Waals surface area contributed by atoms with Crippen LogP contribution >= 0.6 is 0 Å². The molecule has 0 unspecified atom stereocenters. The van der Waals surface area contributed by atoms with Crippen LogP contribution in [0.2, 0.25) is 0 Å². The zero-order valence-corrected chi connectivity index (χ0v) is 14.2. The van der Waals surface area contributed by atoms with Gasteiger partial charge in [-0.15, -0.1) is 0 Å². The summed E-state index contributed by atoms with van der Waals surface area (Å²) in [5.74, 6) is -2.22. The number of nitrogens with one attached hydrogen (secondary N) is 2. The zero-order valence-electron chi connectivity index (χ0n) is 14.2. The molecule has 0 spiro atoms. The largest absolute Gasteiger partial charge is 0.335 e. The summed E-state index contributed by atoms with van der Waals surface area (Å²) in [4.78, 5) is 31.5. The molecule has 6 nitrogen and oxygen atoms in total. The molecule has 3 rings (SSSR count). The standard InChI is InChI=1S/C19H14F2N4O2/c1-11(26)12-4-2-5-13(8-12)24-19(27)16-9-17(23-10-22-16)25-18-14(20)6-3-7-15(18)21/h2-10H,1H3,(H,24,27)(H,22,23,25). The number of halogens is 2. The molecule has 0 saturated carbocycles. The molecule has 2 aromatic carbocycles. The zero-order chi connectivity index (χ0) is 19.4. The van der Waals surface area contributed by atoms with Crippen LogP contribution in [-0.2, 0) is 0 Å². The predicted octanol–water partition coefficient (Wildman–Crippen LogP) is 3.95. The molecular formula is C19H14F2N4O2. The van der Waals surface area contributed by atoms with Crippen molar-refractivity contribution in [2.24, 2.45) is 0 Å². The van der Waals surface area contributed by atoms with E-state index < -0.39 is 17.5 Å². The highest BCUT2D eigenvalue weighted by Gasteiger charge is 2.13. The molecular weight excluding hydrogens is 354 g/mol. The molecule has 0 radical (unpaired) electrons. The van der Waals surface area contributed by atoms with Crippen molar-refractivity contribution in [2.45, 2.75) is 6.92 Å². The van der Waals surface area contributed by atoms with Gasteiger partial charge in [-0.3, -0.25) is 9.59 Å². The van der Waals surface area contributed by atoms with Gasteiger partial charge in [0.1, 0.15) is 35.2 Å². The number of amides is 1. The van der Waals surface area contributed by atoms with Crippen LogP contribution in [-0.4, -0.2) is 21.7 Å². The van der Waals surface area contributed by atoms with Crippen molar-refractivity contribution in [3.8, 4) is 0 Å². The molecule has 0 saturated heterocycles. The fourth-order valence-corrected chi connectivity index (χ4v) is 2.31. The third-order valence-corrected chi connectivity index (χ3v) is 3.64. The van der Waals surface area contributed by atoms with Crippen molar-refractivity contribution in [3.63, 3.8) is 0 Å². The Morgan fingerprint density at radius 1 is 0.963 bits per heavy atom. The number of carbonyl (C=O) groups is 2. The molecule has 1 heterocycles. The van der Waals surface area contributed by atoms with E-state index in [0.717, 1.165) is 18.5 Å². The topological polar surface area (TPSA) is 84.0 Å². The summed E-state index contributed by atoms with van der Waals surface area (Å²) in [5, 5.41) is 5.11. The summed E-state index contributed by atoms with van der Waals surface area (Å²) < 4.78 is 27.5. The number of aromatic nitrogens is 2. The number of ketones is 1. The van der Waals surface area contributed by atoms with Gasteiger partial charge in [0.2, 0.25) is 0 Å². The molecule has 136 valence electrons. The minimum absolute atomic E-state index is 0.0162. The van der Waals surface area contributed by atoms with Crippen LogP contribution in [0.5, 0.6) is 0 Å².